The SMILES string of the molecule is Cc1ccsc1CN(C)C(=O)COC(=O)c1n[nH]c(=O)c2ccccc12. The van der Waals surface area contributed by atoms with Crippen molar-refractivity contribution in [3.8, 4) is 0 Å². The van der Waals surface area contributed by atoms with Gasteiger partial charge in [-0.25, -0.2) is 9.89 Å². The smallest absolute Gasteiger partial charge is 0.359 e. The quantitative estimate of drug-likeness (QED) is 0.694. The lowest BCUT2D eigenvalue weighted by molar-refractivity contribution is -0.133. The van der Waals surface area contributed by atoms with Crippen molar-refractivity contribution >= 4 is 34.0 Å². The van der Waals surface area contributed by atoms with Crippen molar-refractivity contribution in [2.24, 2.45) is 0 Å². The van der Waals surface area contributed by atoms with Crippen LogP contribution in [0.2, 0.25) is 0 Å². The molecule has 0 saturated heterocycles. The van der Waals surface area contributed by atoms with Crippen LogP contribution in [0.1, 0.15) is 20.9 Å². The Morgan fingerprint density at radius 1 is 1.23 bits per heavy atom. The van der Waals surface area contributed by atoms with Crippen LogP contribution in [0.25, 0.3) is 10.8 Å². The maximum absolute atomic E-state index is 12.3. The van der Waals surface area contributed by atoms with Gasteiger partial charge in [0, 0.05) is 17.3 Å². The zero-order chi connectivity index (χ0) is 18.7. The normalized spacial score (nSPS) is 10.7. The van der Waals surface area contributed by atoms with Crippen molar-refractivity contribution < 1.29 is 14.3 Å². The molecule has 1 aromatic carbocycles. The number of ether oxygens (including phenoxy) is 1. The Morgan fingerprint density at radius 2 is 1.96 bits per heavy atom. The van der Waals surface area contributed by atoms with Gasteiger partial charge in [0.1, 0.15) is 0 Å². The molecule has 0 unspecified atom stereocenters. The fourth-order valence-corrected chi connectivity index (χ4v) is 3.40. The fraction of sp³-hybridized carbons (Fsp3) is 0.222. The molecule has 0 aliphatic carbocycles. The molecule has 3 aromatic rings. The number of amides is 1. The molecule has 0 fully saturated rings. The van der Waals surface area contributed by atoms with Crippen LogP contribution in [0.15, 0.2) is 40.5 Å². The minimum absolute atomic E-state index is 0.0234. The van der Waals surface area contributed by atoms with E-state index in [2.05, 4.69) is 10.2 Å². The number of aromatic nitrogens is 2. The van der Waals surface area contributed by atoms with E-state index in [1.54, 1.807) is 42.6 Å². The molecule has 1 amide bonds. The molecule has 0 bridgehead atoms. The van der Waals surface area contributed by atoms with Crippen molar-refractivity contribution in [2.75, 3.05) is 13.7 Å². The average Bonchev–Trinajstić information content (AvgIpc) is 3.04. The van der Waals surface area contributed by atoms with Crippen molar-refractivity contribution in [1.82, 2.24) is 15.1 Å². The van der Waals surface area contributed by atoms with E-state index in [0.29, 0.717) is 17.3 Å². The largest absolute Gasteiger partial charge is 0.451 e. The molecule has 0 saturated carbocycles. The fourth-order valence-electron chi connectivity index (χ4n) is 2.45. The molecule has 8 heteroatoms. The van der Waals surface area contributed by atoms with Gasteiger partial charge in [-0.1, -0.05) is 18.2 Å². The minimum Gasteiger partial charge on any atom is -0.451 e. The number of hydrogen-bond acceptors (Lipinski definition) is 6. The van der Waals surface area contributed by atoms with Crippen LogP contribution in [-0.4, -0.2) is 40.6 Å². The van der Waals surface area contributed by atoms with Crippen molar-refractivity contribution in [1.29, 1.82) is 0 Å². The number of esters is 1. The van der Waals surface area contributed by atoms with Crippen LogP contribution < -0.4 is 5.56 Å². The summed E-state index contributed by atoms with van der Waals surface area (Å²) in [5.41, 5.74) is 0.708. The molecule has 0 aliphatic rings. The average molecular weight is 371 g/mol. The number of nitrogens with zero attached hydrogens (tertiary/aromatic N) is 2. The number of fused-ring (bicyclic) bond motifs is 1. The van der Waals surface area contributed by atoms with E-state index < -0.39 is 12.6 Å². The third-order valence-electron chi connectivity index (χ3n) is 3.99. The summed E-state index contributed by atoms with van der Waals surface area (Å²) in [6.07, 6.45) is 0. The second kappa shape index (κ2) is 7.49. The third-order valence-corrected chi connectivity index (χ3v) is 5.00. The van der Waals surface area contributed by atoms with Crippen LogP contribution >= 0.6 is 11.3 Å². The summed E-state index contributed by atoms with van der Waals surface area (Å²) in [5, 5.41) is 8.73. The van der Waals surface area contributed by atoms with E-state index in [0.717, 1.165) is 10.4 Å². The molecule has 0 atom stereocenters. The summed E-state index contributed by atoms with van der Waals surface area (Å²) in [6, 6.07) is 8.59. The molecule has 7 nitrogen and oxygen atoms in total. The van der Waals surface area contributed by atoms with Gasteiger partial charge >= 0.3 is 5.97 Å². The summed E-state index contributed by atoms with van der Waals surface area (Å²) in [7, 11) is 1.66. The lowest BCUT2D eigenvalue weighted by atomic mass is 10.1. The lowest BCUT2D eigenvalue weighted by Crippen LogP contribution is -2.31. The van der Waals surface area contributed by atoms with Crippen molar-refractivity contribution in [2.45, 2.75) is 13.5 Å². The predicted molar refractivity (Wildman–Crippen MR) is 98.2 cm³/mol. The first kappa shape index (κ1) is 17.8. The Balaban J connectivity index is 1.67. The number of carbonyl (C=O) groups is 2. The molecule has 1 N–H and O–H groups in total. The standard InChI is InChI=1S/C18H17N3O4S/c1-11-7-8-26-14(11)9-21(2)15(22)10-25-18(24)16-12-5-3-4-6-13(12)17(23)20-19-16/h3-8H,9-10H2,1-2H3,(H,20,23). The van der Waals surface area contributed by atoms with Gasteiger partial charge in [-0.3, -0.25) is 9.59 Å². The number of rotatable bonds is 5. The first-order valence-electron chi connectivity index (χ1n) is 7.89. The lowest BCUT2D eigenvalue weighted by Gasteiger charge is -2.16. The Labute approximate surface area is 153 Å². The number of carbonyl (C=O) groups excluding carboxylic acids is 2. The first-order chi connectivity index (χ1) is 12.5. The number of nitrogens with one attached hydrogen (secondary N) is 1. The second-order valence-corrected chi connectivity index (χ2v) is 6.80. The van der Waals surface area contributed by atoms with Crippen LogP contribution in [0, 0.1) is 6.92 Å². The molecular formula is C18H17N3O4S. The number of hydrogen-bond donors (Lipinski definition) is 1. The van der Waals surface area contributed by atoms with E-state index in [1.807, 2.05) is 18.4 Å². The van der Waals surface area contributed by atoms with Gasteiger partial charge in [0.15, 0.2) is 12.3 Å². The number of thiophene rings is 1. The highest BCUT2D eigenvalue weighted by molar-refractivity contribution is 7.10. The van der Waals surface area contributed by atoms with Crippen LogP contribution in [0.3, 0.4) is 0 Å². The molecule has 2 heterocycles. The topological polar surface area (TPSA) is 92.4 Å². The monoisotopic (exact) mass is 371 g/mol. The van der Waals surface area contributed by atoms with E-state index in [-0.39, 0.29) is 17.2 Å². The van der Waals surface area contributed by atoms with Gasteiger partial charge in [0.2, 0.25) is 0 Å². The third kappa shape index (κ3) is 3.65. The zero-order valence-corrected chi connectivity index (χ0v) is 15.1. The molecule has 0 aliphatic heterocycles. The Hall–Kier alpha value is -3.00. The van der Waals surface area contributed by atoms with Crippen molar-refractivity contribution in [3.05, 3.63) is 62.2 Å². The zero-order valence-electron chi connectivity index (χ0n) is 14.3. The predicted octanol–water partition coefficient (Wildman–Crippen LogP) is 2.11. The van der Waals surface area contributed by atoms with E-state index in [9.17, 15) is 14.4 Å². The summed E-state index contributed by atoms with van der Waals surface area (Å²) in [5.74, 6) is -1.08. The number of benzene rings is 1. The number of likely N-dealkylation sites (N-methyl/N-ethyl adjacent to an activating group) is 1. The highest BCUT2D eigenvalue weighted by atomic mass is 32.1. The van der Waals surface area contributed by atoms with Gasteiger partial charge in [-0.15, -0.1) is 11.3 Å². The van der Waals surface area contributed by atoms with Gasteiger partial charge in [-0.2, -0.15) is 5.10 Å². The molecule has 134 valence electrons. The summed E-state index contributed by atoms with van der Waals surface area (Å²) in [6.45, 7) is 2.05. The Morgan fingerprint density at radius 3 is 2.65 bits per heavy atom. The maximum Gasteiger partial charge on any atom is 0.359 e. The number of H-pyrrole nitrogens is 1. The molecule has 0 radical (unpaired) electrons. The van der Waals surface area contributed by atoms with E-state index in [1.165, 1.54) is 4.90 Å². The van der Waals surface area contributed by atoms with Gasteiger partial charge in [-0.05, 0) is 30.0 Å². The molecular weight excluding hydrogens is 354 g/mol. The number of aromatic amines is 1. The molecule has 2 aromatic heterocycles. The van der Waals surface area contributed by atoms with Crippen LogP contribution in [0.4, 0.5) is 0 Å². The van der Waals surface area contributed by atoms with Gasteiger partial charge in [0.05, 0.1) is 11.9 Å². The number of aryl methyl sites for hydroxylation is 1. The second-order valence-electron chi connectivity index (χ2n) is 5.80. The van der Waals surface area contributed by atoms with Gasteiger partial charge < -0.3 is 9.64 Å². The molecule has 3 rings (SSSR count). The molecule has 0 spiro atoms. The molecule has 26 heavy (non-hydrogen) atoms. The summed E-state index contributed by atoms with van der Waals surface area (Å²) < 4.78 is 5.10. The maximum atomic E-state index is 12.3. The van der Waals surface area contributed by atoms with E-state index in [4.69, 9.17) is 4.74 Å². The first-order valence-corrected chi connectivity index (χ1v) is 8.77. The van der Waals surface area contributed by atoms with Gasteiger partial charge in [0.25, 0.3) is 11.5 Å². The van der Waals surface area contributed by atoms with Crippen molar-refractivity contribution in [3.63, 3.8) is 0 Å². The van der Waals surface area contributed by atoms with Crippen LogP contribution in [-0.2, 0) is 16.1 Å². The minimum atomic E-state index is -0.758. The van der Waals surface area contributed by atoms with Crippen LogP contribution in [0.5, 0.6) is 0 Å². The highest BCUT2D eigenvalue weighted by Gasteiger charge is 2.18. The Bertz CT molecular complexity index is 1020. The summed E-state index contributed by atoms with van der Waals surface area (Å²) in [4.78, 5) is 38.8. The van der Waals surface area contributed by atoms with E-state index >= 15 is 0 Å². The summed E-state index contributed by atoms with van der Waals surface area (Å²) >= 11 is 1.57. The Kier molecular flexibility index (Phi) is 5.13. The highest BCUT2D eigenvalue weighted by Crippen LogP contribution is 2.17.